The van der Waals surface area contributed by atoms with Gasteiger partial charge in [-0.1, -0.05) is 0 Å². The molecule has 0 saturated heterocycles. The minimum absolute atomic E-state index is 0.351. The number of hydrogen-bond acceptors (Lipinski definition) is 1. The Morgan fingerprint density at radius 1 is 1.00 bits per heavy atom. The Morgan fingerprint density at radius 2 is 1.43 bits per heavy atom. The molecule has 1 N–H and O–H groups in total. The van der Waals surface area contributed by atoms with Crippen molar-refractivity contribution in [3.05, 3.63) is 24.3 Å². The van der Waals surface area contributed by atoms with Crippen LogP contribution in [0.25, 0.3) is 0 Å². The van der Waals surface area contributed by atoms with Crippen LogP contribution >= 0.6 is 6.60 Å². The fraction of sp³-hybridized carbons (Fsp3) is 0.500. The van der Waals surface area contributed by atoms with Crippen molar-refractivity contribution in [3.63, 3.8) is 0 Å². The van der Waals surface area contributed by atoms with E-state index in [0.717, 1.165) is 0 Å². The van der Waals surface area contributed by atoms with Gasteiger partial charge in [0.1, 0.15) is 0 Å². The SMILES string of the molecule is CC(C)P(C)(C)(C)c1ccc(O)cc1. The van der Waals surface area contributed by atoms with Crippen molar-refractivity contribution in [1.29, 1.82) is 0 Å². The Labute approximate surface area is 87.1 Å². The predicted molar refractivity (Wildman–Crippen MR) is 67.6 cm³/mol. The van der Waals surface area contributed by atoms with Gasteiger partial charge in [-0.15, -0.1) is 0 Å². The summed E-state index contributed by atoms with van der Waals surface area (Å²) in [5, 5.41) is 10.7. The van der Waals surface area contributed by atoms with E-state index in [1.165, 1.54) is 5.30 Å². The third kappa shape index (κ3) is 1.93. The molecule has 0 spiro atoms. The average molecular weight is 212 g/mol. The predicted octanol–water partition coefficient (Wildman–Crippen LogP) is 2.87. The molecule has 80 valence electrons. The van der Waals surface area contributed by atoms with E-state index < -0.39 is 6.60 Å². The molecule has 2 heteroatoms. The van der Waals surface area contributed by atoms with Gasteiger partial charge < -0.3 is 0 Å². The van der Waals surface area contributed by atoms with Crippen LogP contribution in [0.2, 0.25) is 0 Å². The Kier molecular flexibility index (Phi) is 2.67. The van der Waals surface area contributed by atoms with Gasteiger partial charge in [0.25, 0.3) is 0 Å². The molecule has 0 atom stereocenters. The Hall–Kier alpha value is -0.550. The molecule has 0 amide bonds. The van der Waals surface area contributed by atoms with Crippen LogP contribution in [0.3, 0.4) is 0 Å². The maximum atomic E-state index is 9.26. The molecular formula is C12H21OP. The van der Waals surface area contributed by atoms with Gasteiger partial charge >= 0.3 is 86.5 Å². The van der Waals surface area contributed by atoms with Crippen LogP contribution in [0.1, 0.15) is 13.8 Å². The average Bonchev–Trinajstić information content (AvgIpc) is 2.03. The molecule has 0 heterocycles. The van der Waals surface area contributed by atoms with Crippen molar-refractivity contribution in [2.45, 2.75) is 19.5 Å². The zero-order valence-electron chi connectivity index (χ0n) is 9.78. The molecule has 0 aliphatic carbocycles. The summed E-state index contributed by atoms with van der Waals surface area (Å²) in [7, 11) is 0. The van der Waals surface area contributed by atoms with Gasteiger partial charge in [0.2, 0.25) is 0 Å². The van der Waals surface area contributed by atoms with Gasteiger partial charge in [-0.3, -0.25) is 0 Å². The second-order valence-corrected chi connectivity index (χ2v) is 12.9. The standard InChI is InChI=1S/C12H21OP/c1-10(2)14(3,4,5)12-8-6-11(13)7-9-12/h6-10,13H,1-5H3. The molecule has 0 aliphatic heterocycles. The van der Waals surface area contributed by atoms with Crippen molar-refractivity contribution >= 4 is 11.9 Å². The summed E-state index contributed by atoms with van der Waals surface area (Å²) in [6, 6.07) is 7.70. The minimum atomic E-state index is -1.76. The van der Waals surface area contributed by atoms with E-state index in [4.69, 9.17) is 0 Å². The number of phenolic OH excluding ortho intramolecular Hbond substituents is 1. The van der Waals surface area contributed by atoms with Gasteiger partial charge in [0.05, 0.1) is 0 Å². The molecule has 1 nitrogen and oxygen atoms in total. The number of aromatic hydroxyl groups is 1. The summed E-state index contributed by atoms with van der Waals surface area (Å²) in [6.45, 7) is 9.94. The first-order chi connectivity index (χ1) is 6.22. The molecule has 1 aromatic carbocycles. The summed E-state index contributed by atoms with van der Waals surface area (Å²) in [6.07, 6.45) is 0. The second-order valence-electron chi connectivity index (χ2n) is 5.53. The molecule has 0 saturated carbocycles. The van der Waals surface area contributed by atoms with E-state index >= 15 is 0 Å². The summed E-state index contributed by atoms with van der Waals surface area (Å²) in [5.74, 6) is 0.351. The van der Waals surface area contributed by atoms with Crippen LogP contribution < -0.4 is 5.30 Å². The van der Waals surface area contributed by atoms with E-state index in [-0.39, 0.29) is 0 Å². The van der Waals surface area contributed by atoms with Crippen LogP contribution in [0.15, 0.2) is 24.3 Å². The number of hydrogen-bond donors (Lipinski definition) is 1. The van der Waals surface area contributed by atoms with E-state index in [1.54, 1.807) is 12.1 Å². The molecule has 1 aromatic rings. The third-order valence-electron chi connectivity index (χ3n) is 3.58. The molecular weight excluding hydrogens is 191 g/mol. The number of benzene rings is 1. The Morgan fingerprint density at radius 3 is 1.79 bits per heavy atom. The van der Waals surface area contributed by atoms with Crippen LogP contribution in [-0.2, 0) is 0 Å². The summed E-state index contributed by atoms with van der Waals surface area (Å²) in [5.41, 5.74) is 0.672. The Bertz CT molecular complexity index is 316. The monoisotopic (exact) mass is 212 g/mol. The first kappa shape index (κ1) is 11.5. The zero-order valence-corrected chi connectivity index (χ0v) is 10.7. The topological polar surface area (TPSA) is 20.2 Å². The normalized spacial score (nSPS) is 15.1. The second kappa shape index (κ2) is 3.24. The Balaban J connectivity index is 3.22. The van der Waals surface area contributed by atoms with Gasteiger partial charge in [0.15, 0.2) is 0 Å². The van der Waals surface area contributed by atoms with E-state index in [0.29, 0.717) is 11.4 Å². The van der Waals surface area contributed by atoms with Crippen molar-refractivity contribution in [2.75, 3.05) is 20.0 Å². The number of phenols is 1. The number of rotatable bonds is 2. The van der Waals surface area contributed by atoms with E-state index in [9.17, 15) is 5.11 Å². The van der Waals surface area contributed by atoms with E-state index in [1.807, 2.05) is 0 Å². The zero-order chi connectivity index (χ0) is 11.0. The van der Waals surface area contributed by atoms with Crippen molar-refractivity contribution in [3.8, 4) is 5.75 Å². The summed E-state index contributed by atoms with van der Waals surface area (Å²) in [4.78, 5) is 0. The van der Waals surface area contributed by atoms with Crippen molar-refractivity contribution in [1.82, 2.24) is 0 Å². The maximum absolute atomic E-state index is 9.26. The van der Waals surface area contributed by atoms with Crippen LogP contribution in [0.4, 0.5) is 0 Å². The molecule has 0 aromatic heterocycles. The van der Waals surface area contributed by atoms with Crippen LogP contribution in [-0.4, -0.2) is 30.8 Å². The van der Waals surface area contributed by atoms with Gasteiger partial charge in [-0.05, 0) is 0 Å². The third-order valence-corrected chi connectivity index (χ3v) is 9.34. The molecule has 0 unspecified atom stereocenters. The molecule has 0 aliphatic rings. The molecule has 1 rings (SSSR count). The molecule has 0 fully saturated rings. The van der Waals surface area contributed by atoms with Gasteiger partial charge in [0, 0.05) is 0 Å². The first-order valence-corrected chi connectivity index (χ1v) is 8.67. The quantitative estimate of drug-likeness (QED) is 0.747. The van der Waals surface area contributed by atoms with Gasteiger partial charge in [-0.25, -0.2) is 0 Å². The fourth-order valence-electron chi connectivity index (χ4n) is 1.28. The van der Waals surface area contributed by atoms with Crippen molar-refractivity contribution in [2.24, 2.45) is 0 Å². The molecule has 0 bridgehead atoms. The summed E-state index contributed by atoms with van der Waals surface area (Å²) >= 11 is 0. The van der Waals surface area contributed by atoms with Gasteiger partial charge in [-0.2, -0.15) is 0 Å². The van der Waals surface area contributed by atoms with E-state index in [2.05, 4.69) is 46.0 Å². The first-order valence-electron chi connectivity index (χ1n) is 5.02. The molecule has 0 radical (unpaired) electrons. The summed E-state index contributed by atoms with van der Waals surface area (Å²) < 4.78 is 0. The van der Waals surface area contributed by atoms with Crippen molar-refractivity contribution < 1.29 is 5.11 Å². The van der Waals surface area contributed by atoms with Crippen LogP contribution in [0, 0.1) is 0 Å². The van der Waals surface area contributed by atoms with Crippen LogP contribution in [0.5, 0.6) is 5.75 Å². The molecule has 14 heavy (non-hydrogen) atoms. The fourth-order valence-corrected chi connectivity index (χ4v) is 3.10.